The van der Waals surface area contributed by atoms with Crippen molar-refractivity contribution in [2.45, 2.75) is 30.9 Å². The lowest BCUT2D eigenvalue weighted by Crippen LogP contribution is -2.49. The summed E-state index contributed by atoms with van der Waals surface area (Å²) in [6.07, 6.45) is -0.279. The van der Waals surface area contributed by atoms with E-state index >= 15 is 0 Å². The number of hydrogen-bond donors (Lipinski definition) is 1. The van der Waals surface area contributed by atoms with Crippen LogP contribution in [0.4, 0.5) is 4.39 Å². The van der Waals surface area contributed by atoms with Crippen molar-refractivity contribution in [1.29, 1.82) is 0 Å². The number of hydrogen-bond acceptors (Lipinski definition) is 5. The zero-order valence-electron chi connectivity index (χ0n) is 17.7. The molecule has 3 atom stereocenters. The molecule has 0 radical (unpaired) electrons. The number of fused-ring (bicyclic) bond motifs is 1. The molecule has 30 heavy (non-hydrogen) atoms. The molecule has 0 bridgehead atoms. The molecule has 0 amide bonds. The van der Waals surface area contributed by atoms with Crippen LogP contribution < -0.4 is 4.74 Å². The van der Waals surface area contributed by atoms with Crippen molar-refractivity contribution < 1.29 is 22.7 Å². The van der Waals surface area contributed by atoms with Gasteiger partial charge in [-0.3, -0.25) is 0 Å². The van der Waals surface area contributed by atoms with Crippen molar-refractivity contribution in [2.24, 2.45) is 5.92 Å². The van der Waals surface area contributed by atoms with Crippen LogP contribution in [0, 0.1) is 11.7 Å². The van der Waals surface area contributed by atoms with E-state index in [9.17, 15) is 17.9 Å². The molecule has 0 aromatic heterocycles. The van der Waals surface area contributed by atoms with Gasteiger partial charge in [0.15, 0.2) is 0 Å². The fourth-order valence-electron chi connectivity index (χ4n) is 3.67. The average molecular weight is 437 g/mol. The van der Waals surface area contributed by atoms with Gasteiger partial charge in [-0.25, -0.2) is 12.8 Å². The molecule has 164 valence electrons. The molecule has 2 aromatic rings. The second-order valence-electron chi connectivity index (χ2n) is 8.14. The van der Waals surface area contributed by atoms with Gasteiger partial charge in [0, 0.05) is 30.6 Å². The van der Waals surface area contributed by atoms with E-state index in [0.717, 1.165) is 0 Å². The lowest BCUT2D eigenvalue weighted by molar-refractivity contribution is 0.0813. The molecule has 0 saturated heterocycles. The summed E-state index contributed by atoms with van der Waals surface area (Å²) in [6.45, 7) is 4.16. The van der Waals surface area contributed by atoms with Gasteiger partial charge in [0.05, 0.1) is 6.61 Å². The molecule has 1 heterocycles. The summed E-state index contributed by atoms with van der Waals surface area (Å²) in [6, 6.07) is 10.4. The predicted molar refractivity (Wildman–Crippen MR) is 114 cm³/mol. The molecule has 8 heteroatoms. The van der Waals surface area contributed by atoms with Gasteiger partial charge >= 0.3 is 0 Å². The van der Waals surface area contributed by atoms with Crippen LogP contribution >= 0.6 is 0 Å². The Morgan fingerprint density at radius 3 is 2.60 bits per heavy atom. The lowest BCUT2D eigenvalue weighted by atomic mass is 10.0. The largest absolute Gasteiger partial charge is 0.487 e. The Morgan fingerprint density at radius 2 is 1.97 bits per heavy atom. The summed E-state index contributed by atoms with van der Waals surface area (Å²) in [7, 11) is -0.0529. The summed E-state index contributed by atoms with van der Waals surface area (Å²) in [5.74, 6) is -0.314. The monoisotopic (exact) mass is 436 g/mol. The van der Waals surface area contributed by atoms with Crippen LogP contribution in [0.25, 0.3) is 11.1 Å². The minimum atomic E-state index is -3.91. The van der Waals surface area contributed by atoms with Gasteiger partial charge in [-0.15, -0.1) is 0 Å². The molecule has 6 nitrogen and oxygen atoms in total. The molecule has 1 aliphatic rings. The SMILES string of the molecule is C[C@H](CO)N1C[C@H](C)[C@@H](CN(C)C)Oc2cc(-c3ccccc3F)ccc2S1(=O)=O. The van der Waals surface area contributed by atoms with E-state index in [1.165, 1.54) is 16.4 Å². The number of ether oxygens (including phenoxy) is 1. The van der Waals surface area contributed by atoms with E-state index in [-0.39, 0.29) is 41.6 Å². The van der Waals surface area contributed by atoms with Gasteiger partial charge in [-0.05, 0) is 44.8 Å². The van der Waals surface area contributed by atoms with Crippen molar-refractivity contribution in [3.63, 3.8) is 0 Å². The number of nitrogens with zero attached hydrogens (tertiary/aromatic N) is 2. The molecule has 1 aliphatic heterocycles. The third kappa shape index (κ3) is 4.51. The third-order valence-corrected chi connectivity index (χ3v) is 7.42. The normalized spacial score (nSPS) is 22.6. The van der Waals surface area contributed by atoms with Crippen LogP contribution in [-0.4, -0.2) is 68.7 Å². The Morgan fingerprint density at radius 1 is 1.27 bits per heavy atom. The molecule has 2 aromatic carbocycles. The number of aliphatic hydroxyl groups excluding tert-OH is 1. The second kappa shape index (κ2) is 9.01. The number of aliphatic hydroxyl groups is 1. The first-order valence-corrected chi connectivity index (χ1v) is 11.4. The number of likely N-dealkylation sites (N-methyl/N-ethyl adjacent to an activating group) is 1. The predicted octanol–water partition coefficient (Wildman–Crippen LogP) is 2.82. The maximum atomic E-state index is 14.3. The Kier molecular flexibility index (Phi) is 6.81. The van der Waals surface area contributed by atoms with E-state index in [4.69, 9.17) is 4.74 Å². The molecular weight excluding hydrogens is 407 g/mol. The molecular formula is C22H29FN2O4S. The highest BCUT2D eigenvalue weighted by Crippen LogP contribution is 2.37. The van der Waals surface area contributed by atoms with Crippen LogP contribution in [0.2, 0.25) is 0 Å². The minimum absolute atomic E-state index is 0.0264. The molecule has 0 unspecified atom stereocenters. The molecule has 1 N–H and O–H groups in total. The standard InChI is InChI=1S/C22H29FN2O4S/c1-15-12-25(16(2)14-26)30(27,28)22-10-9-17(18-7-5-6-8-19(18)23)11-20(22)29-21(15)13-24(3)4/h5-11,15-16,21,26H,12-14H2,1-4H3/t15-,16+,21+/m0/s1. The number of halogens is 1. The van der Waals surface area contributed by atoms with Gasteiger partial charge in [-0.2, -0.15) is 4.31 Å². The van der Waals surface area contributed by atoms with Crippen LogP contribution in [0.15, 0.2) is 47.4 Å². The smallest absolute Gasteiger partial charge is 0.247 e. The minimum Gasteiger partial charge on any atom is -0.487 e. The third-order valence-electron chi connectivity index (χ3n) is 5.40. The summed E-state index contributed by atoms with van der Waals surface area (Å²) < 4.78 is 48.7. The van der Waals surface area contributed by atoms with Crippen molar-refractivity contribution >= 4 is 10.0 Å². The van der Waals surface area contributed by atoms with Crippen molar-refractivity contribution in [1.82, 2.24) is 9.21 Å². The van der Waals surface area contributed by atoms with E-state index in [2.05, 4.69) is 0 Å². The van der Waals surface area contributed by atoms with Crippen molar-refractivity contribution in [3.8, 4) is 16.9 Å². The molecule has 0 fully saturated rings. The molecule has 0 spiro atoms. The van der Waals surface area contributed by atoms with Crippen molar-refractivity contribution in [2.75, 3.05) is 33.8 Å². The first kappa shape index (κ1) is 22.7. The van der Waals surface area contributed by atoms with Crippen LogP contribution in [-0.2, 0) is 10.0 Å². The zero-order valence-corrected chi connectivity index (χ0v) is 18.6. The number of rotatable bonds is 5. The maximum Gasteiger partial charge on any atom is 0.247 e. The second-order valence-corrected chi connectivity index (χ2v) is 10.0. The van der Waals surface area contributed by atoms with Crippen LogP contribution in [0.1, 0.15) is 13.8 Å². The fourth-order valence-corrected chi connectivity index (χ4v) is 5.49. The topological polar surface area (TPSA) is 70.1 Å². The van der Waals surface area contributed by atoms with Crippen molar-refractivity contribution in [3.05, 3.63) is 48.3 Å². The Labute approximate surface area is 177 Å². The molecule has 0 aliphatic carbocycles. The van der Waals surface area contributed by atoms with Gasteiger partial charge in [0.2, 0.25) is 10.0 Å². The first-order chi connectivity index (χ1) is 14.1. The first-order valence-electron chi connectivity index (χ1n) is 9.98. The van der Waals surface area contributed by atoms with Crippen LogP contribution in [0.3, 0.4) is 0 Å². The highest BCUT2D eigenvalue weighted by molar-refractivity contribution is 7.89. The summed E-state index contributed by atoms with van der Waals surface area (Å²) in [5.41, 5.74) is 0.918. The summed E-state index contributed by atoms with van der Waals surface area (Å²) in [5, 5.41) is 9.66. The Bertz CT molecular complexity index is 996. The van der Waals surface area contributed by atoms with E-state index < -0.39 is 16.1 Å². The van der Waals surface area contributed by atoms with Gasteiger partial charge in [0.25, 0.3) is 0 Å². The number of benzene rings is 2. The van der Waals surface area contributed by atoms with Crippen LogP contribution in [0.5, 0.6) is 5.75 Å². The van der Waals surface area contributed by atoms with E-state index in [1.807, 2.05) is 25.9 Å². The average Bonchev–Trinajstić information content (AvgIpc) is 2.69. The van der Waals surface area contributed by atoms with E-state index in [0.29, 0.717) is 17.7 Å². The van der Waals surface area contributed by atoms with E-state index in [1.54, 1.807) is 37.3 Å². The van der Waals surface area contributed by atoms with Gasteiger partial charge < -0.3 is 14.7 Å². The number of sulfonamides is 1. The van der Waals surface area contributed by atoms with Gasteiger partial charge in [-0.1, -0.05) is 31.2 Å². The fraction of sp³-hybridized carbons (Fsp3) is 0.455. The highest BCUT2D eigenvalue weighted by Gasteiger charge is 2.38. The van der Waals surface area contributed by atoms with Gasteiger partial charge in [0.1, 0.15) is 22.6 Å². The summed E-state index contributed by atoms with van der Waals surface area (Å²) in [4.78, 5) is 2.01. The lowest BCUT2D eigenvalue weighted by Gasteiger charge is -2.37. The quantitative estimate of drug-likeness (QED) is 0.781. The zero-order chi connectivity index (χ0) is 22.1. The Balaban J connectivity index is 2.17. The summed E-state index contributed by atoms with van der Waals surface area (Å²) >= 11 is 0. The maximum absolute atomic E-state index is 14.3. The Hall–Kier alpha value is -2.00. The molecule has 0 saturated carbocycles. The molecule has 3 rings (SSSR count). The highest BCUT2D eigenvalue weighted by atomic mass is 32.2.